The number of amides is 1. The number of carbonyl (C=O) groups is 1. The number of benzene rings is 1. The van der Waals surface area contributed by atoms with Gasteiger partial charge in [0, 0.05) is 37.4 Å². The van der Waals surface area contributed by atoms with E-state index in [2.05, 4.69) is 4.98 Å². The highest BCUT2D eigenvalue weighted by Gasteiger charge is 2.26. The predicted octanol–water partition coefficient (Wildman–Crippen LogP) is 2.33. The molecule has 114 valence electrons. The van der Waals surface area contributed by atoms with E-state index in [0.29, 0.717) is 30.2 Å². The van der Waals surface area contributed by atoms with Gasteiger partial charge in [0.05, 0.1) is 6.20 Å². The topological polar surface area (TPSA) is 62.7 Å². The molecule has 1 saturated heterocycles. The van der Waals surface area contributed by atoms with Gasteiger partial charge in [-0.25, -0.2) is 0 Å². The zero-order chi connectivity index (χ0) is 15.4. The Balaban J connectivity index is 1.65. The molecule has 0 radical (unpaired) electrons. The van der Waals surface area contributed by atoms with Crippen LogP contribution in [0.25, 0.3) is 0 Å². The van der Waals surface area contributed by atoms with Crippen LogP contribution >= 0.6 is 0 Å². The fraction of sp³-hybridized carbons (Fsp3) is 0.294. The van der Waals surface area contributed by atoms with Crippen LogP contribution in [-0.4, -0.2) is 40.6 Å². The Hall–Kier alpha value is -2.40. The molecule has 1 N–H and O–H groups in total. The molecule has 2 aromatic rings. The van der Waals surface area contributed by atoms with Gasteiger partial charge in [-0.15, -0.1) is 0 Å². The molecule has 0 bridgehead atoms. The average Bonchev–Trinajstić information content (AvgIpc) is 3.05. The molecule has 1 aliphatic heterocycles. The fourth-order valence-corrected chi connectivity index (χ4v) is 2.56. The lowest BCUT2D eigenvalue weighted by Gasteiger charge is -2.16. The lowest BCUT2D eigenvalue weighted by molar-refractivity contribution is 0.0782. The minimum absolute atomic E-state index is 0.00359. The van der Waals surface area contributed by atoms with E-state index in [4.69, 9.17) is 9.84 Å². The van der Waals surface area contributed by atoms with Gasteiger partial charge in [-0.1, -0.05) is 0 Å². The predicted molar refractivity (Wildman–Crippen MR) is 81.8 cm³/mol. The van der Waals surface area contributed by atoms with Crippen molar-refractivity contribution < 1.29 is 14.6 Å². The van der Waals surface area contributed by atoms with Gasteiger partial charge in [0.2, 0.25) is 0 Å². The number of aliphatic hydroxyl groups excluding tert-OH is 1. The van der Waals surface area contributed by atoms with Crippen LogP contribution in [0.3, 0.4) is 0 Å². The summed E-state index contributed by atoms with van der Waals surface area (Å²) in [4.78, 5) is 18.1. The van der Waals surface area contributed by atoms with Crippen molar-refractivity contribution in [1.29, 1.82) is 0 Å². The van der Waals surface area contributed by atoms with Crippen molar-refractivity contribution in [1.82, 2.24) is 9.88 Å². The molecule has 1 aromatic carbocycles. The van der Waals surface area contributed by atoms with Crippen LogP contribution < -0.4 is 4.74 Å². The molecule has 1 amide bonds. The number of aromatic nitrogens is 1. The number of hydrogen-bond acceptors (Lipinski definition) is 4. The van der Waals surface area contributed by atoms with Crippen LogP contribution in [0.5, 0.6) is 11.5 Å². The number of carbonyl (C=O) groups excluding carboxylic acids is 1. The van der Waals surface area contributed by atoms with E-state index in [1.54, 1.807) is 47.6 Å². The van der Waals surface area contributed by atoms with E-state index in [9.17, 15) is 4.79 Å². The summed E-state index contributed by atoms with van der Waals surface area (Å²) in [6.07, 6.45) is 4.19. The average molecular weight is 298 g/mol. The Morgan fingerprint density at radius 3 is 2.73 bits per heavy atom. The van der Waals surface area contributed by atoms with Gasteiger partial charge in [0.15, 0.2) is 0 Å². The smallest absolute Gasteiger partial charge is 0.253 e. The number of ether oxygens (including phenoxy) is 1. The Morgan fingerprint density at radius 1 is 1.27 bits per heavy atom. The first-order valence-corrected chi connectivity index (χ1v) is 7.34. The molecule has 1 aromatic heterocycles. The molecule has 5 nitrogen and oxygen atoms in total. The minimum Gasteiger partial charge on any atom is -0.456 e. The van der Waals surface area contributed by atoms with Crippen LogP contribution in [-0.2, 0) is 0 Å². The van der Waals surface area contributed by atoms with E-state index in [1.807, 2.05) is 6.07 Å². The van der Waals surface area contributed by atoms with Gasteiger partial charge in [-0.3, -0.25) is 9.78 Å². The lowest BCUT2D eigenvalue weighted by Crippen LogP contribution is -2.29. The Morgan fingerprint density at radius 2 is 2.09 bits per heavy atom. The van der Waals surface area contributed by atoms with Crippen molar-refractivity contribution in [3.63, 3.8) is 0 Å². The van der Waals surface area contributed by atoms with Crippen molar-refractivity contribution >= 4 is 5.91 Å². The Kier molecular flexibility index (Phi) is 4.34. The number of likely N-dealkylation sites (tertiary alicyclic amines) is 1. The van der Waals surface area contributed by atoms with E-state index < -0.39 is 0 Å². The van der Waals surface area contributed by atoms with E-state index in [1.165, 1.54) is 0 Å². The summed E-state index contributed by atoms with van der Waals surface area (Å²) >= 11 is 0. The highest BCUT2D eigenvalue weighted by Crippen LogP contribution is 2.22. The highest BCUT2D eigenvalue weighted by molar-refractivity contribution is 5.94. The summed E-state index contributed by atoms with van der Waals surface area (Å²) in [6, 6.07) is 10.7. The van der Waals surface area contributed by atoms with E-state index in [0.717, 1.165) is 6.42 Å². The summed E-state index contributed by atoms with van der Waals surface area (Å²) in [5.74, 6) is 1.53. The van der Waals surface area contributed by atoms with Crippen LogP contribution in [0.1, 0.15) is 16.8 Å². The molecule has 0 saturated carbocycles. The normalized spacial score (nSPS) is 17.5. The number of pyridine rings is 1. The van der Waals surface area contributed by atoms with Crippen LogP contribution in [0.2, 0.25) is 0 Å². The van der Waals surface area contributed by atoms with Crippen LogP contribution in [0, 0.1) is 5.92 Å². The Labute approximate surface area is 129 Å². The maximum Gasteiger partial charge on any atom is 0.253 e. The third-order valence-corrected chi connectivity index (χ3v) is 3.80. The minimum atomic E-state index is 0.00359. The molecule has 22 heavy (non-hydrogen) atoms. The van der Waals surface area contributed by atoms with Gasteiger partial charge < -0.3 is 14.7 Å². The lowest BCUT2D eigenvalue weighted by atomic mass is 10.1. The SMILES string of the molecule is O=C(c1ccc(Oc2cccnc2)cc1)N1CCC(CO)C1. The van der Waals surface area contributed by atoms with Gasteiger partial charge in [-0.2, -0.15) is 0 Å². The summed E-state index contributed by atoms with van der Waals surface area (Å²) in [5, 5.41) is 9.15. The molecule has 1 atom stereocenters. The standard InChI is InChI=1S/C17H18N2O3/c20-12-13-7-9-19(11-13)17(21)14-3-5-15(6-4-14)22-16-2-1-8-18-10-16/h1-6,8,10,13,20H,7,9,11-12H2. The van der Waals surface area contributed by atoms with Gasteiger partial charge >= 0.3 is 0 Å². The number of nitrogens with zero attached hydrogens (tertiary/aromatic N) is 2. The number of rotatable bonds is 4. The summed E-state index contributed by atoms with van der Waals surface area (Å²) in [6.45, 7) is 1.48. The second-order valence-corrected chi connectivity index (χ2v) is 5.40. The highest BCUT2D eigenvalue weighted by atomic mass is 16.5. The van der Waals surface area contributed by atoms with Crippen LogP contribution in [0.4, 0.5) is 0 Å². The van der Waals surface area contributed by atoms with Crippen molar-refractivity contribution in [3.8, 4) is 11.5 Å². The molecule has 0 aliphatic carbocycles. The van der Waals surface area contributed by atoms with Gasteiger partial charge in [0.25, 0.3) is 5.91 Å². The molecule has 5 heteroatoms. The largest absolute Gasteiger partial charge is 0.456 e. The first-order chi connectivity index (χ1) is 10.8. The monoisotopic (exact) mass is 298 g/mol. The summed E-state index contributed by atoms with van der Waals surface area (Å²) < 4.78 is 5.65. The summed E-state index contributed by atoms with van der Waals surface area (Å²) in [5.41, 5.74) is 0.636. The molecule has 1 aliphatic rings. The Bertz CT molecular complexity index is 628. The third kappa shape index (κ3) is 3.26. The molecule has 1 fully saturated rings. The molecule has 0 spiro atoms. The first kappa shape index (κ1) is 14.5. The van der Waals surface area contributed by atoms with Gasteiger partial charge in [0.1, 0.15) is 11.5 Å². The second kappa shape index (κ2) is 6.58. The molecular formula is C17H18N2O3. The molecule has 1 unspecified atom stereocenters. The van der Waals surface area contributed by atoms with Gasteiger partial charge in [-0.05, 0) is 42.8 Å². The summed E-state index contributed by atoms with van der Waals surface area (Å²) in [7, 11) is 0. The van der Waals surface area contributed by atoms with Crippen molar-refractivity contribution in [3.05, 3.63) is 54.4 Å². The van der Waals surface area contributed by atoms with Crippen LogP contribution in [0.15, 0.2) is 48.8 Å². The van der Waals surface area contributed by atoms with Crippen molar-refractivity contribution in [2.75, 3.05) is 19.7 Å². The zero-order valence-electron chi connectivity index (χ0n) is 12.2. The molecule has 2 heterocycles. The fourth-order valence-electron chi connectivity index (χ4n) is 2.56. The van der Waals surface area contributed by atoms with E-state index in [-0.39, 0.29) is 18.4 Å². The molecular weight excluding hydrogens is 280 g/mol. The third-order valence-electron chi connectivity index (χ3n) is 3.80. The maximum absolute atomic E-state index is 12.4. The van der Waals surface area contributed by atoms with Crippen molar-refractivity contribution in [2.24, 2.45) is 5.92 Å². The maximum atomic E-state index is 12.4. The first-order valence-electron chi connectivity index (χ1n) is 7.34. The number of aliphatic hydroxyl groups is 1. The quantitative estimate of drug-likeness (QED) is 0.941. The second-order valence-electron chi connectivity index (χ2n) is 5.40. The zero-order valence-corrected chi connectivity index (χ0v) is 12.2. The van der Waals surface area contributed by atoms with Crippen molar-refractivity contribution in [2.45, 2.75) is 6.42 Å². The van der Waals surface area contributed by atoms with E-state index >= 15 is 0 Å². The molecule has 3 rings (SSSR count). The number of hydrogen-bond donors (Lipinski definition) is 1.